The standard InChI is InChI=1S/C11H10BrN3O2/c1-13-10(16)5-15-6-14-9-3-2-7(12)4-8(9)11(15)17/h2-4,6H,5H2,1H3,(H,13,16). The predicted octanol–water partition coefficient (Wildman–Crippen LogP) is 0.905. The van der Waals surface area contributed by atoms with Gasteiger partial charge >= 0.3 is 0 Å². The lowest BCUT2D eigenvalue weighted by Crippen LogP contribution is -2.30. The molecule has 1 aromatic carbocycles. The van der Waals surface area contributed by atoms with Crippen LogP contribution in [0.1, 0.15) is 0 Å². The minimum atomic E-state index is -0.233. The van der Waals surface area contributed by atoms with Crippen LogP contribution >= 0.6 is 15.9 Å². The summed E-state index contributed by atoms with van der Waals surface area (Å²) in [5.41, 5.74) is 0.395. The van der Waals surface area contributed by atoms with Crippen molar-refractivity contribution in [2.45, 2.75) is 6.54 Å². The van der Waals surface area contributed by atoms with Gasteiger partial charge in [-0.25, -0.2) is 4.98 Å². The number of amides is 1. The molecular formula is C11H10BrN3O2. The second-order valence-corrected chi connectivity index (χ2v) is 4.43. The van der Waals surface area contributed by atoms with Crippen molar-refractivity contribution in [1.29, 1.82) is 0 Å². The minimum Gasteiger partial charge on any atom is -0.358 e. The van der Waals surface area contributed by atoms with Crippen molar-refractivity contribution in [1.82, 2.24) is 14.9 Å². The maximum absolute atomic E-state index is 12.1. The molecule has 0 bridgehead atoms. The molecule has 1 heterocycles. The number of rotatable bonds is 2. The number of aromatic nitrogens is 2. The zero-order valence-corrected chi connectivity index (χ0v) is 10.7. The van der Waals surface area contributed by atoms with Crippen LogP contribution in [0.15, 0.2) is 33.8 Å². The van der Waals surface area contributed by atoms with Crippen LogP contribution in [-0.2, 0) is 11.3 Å². The first kappa shape index (κ1) is 11.8. The summed E-state index contributed by atoms with van der Waals surface area (Å²) >= 11 is 3.30. The molecule has 2 aromatic rings. The summed E-state index contributed by atoms with van der Waals surface area (Å²) in [5.74, 6) is -0.233. The number of carbonyl (C=O) groups is 1. The molecule has 0 spiro atoms. The number of fused-ring (bicyclic) bond motifs is 1. The van der Waals surface area contributed by atoms with Crippen molar-refractivity contribution in [2.75, 3.05) is 7.05 Å². The molecule has 88 valence electrons. The molecule has 0 fully saturated rings. The van der Waals surface area contributed by atoms with Crippen molar-refractivity contribution >= 4 is 32.7 Å². The van der Waals surface area contributed by atoms with Gasteiger partial charge in [0, 0.05) is 11.5 Å². The van der Waals surface area contributed by atoms with Crippen LogP contribution in [0.5, 0.6) is 0 Å². The lowest BCUT2D eigenvalue weighted by atomic mass is 10.2. The van der Waals surface area contributed by atoms with Crippen LogP contribution in [0.25, 0.3) is 10.9 Å². The van der Waals surface area contributed by atoms with Crippen LogP contribution in [0.3, 0.4) is 0 Å². The summed E-state index contributed by atoms with van der Waals surface area (Å²) < 4.78 is 2.09. The summed E-state index contributed by atoms with van der Waals surface area (Å²) in [6.45, 7) is -0.0230. The van der Waals surface area contributed by atoms with Gasteiger partial charge in [0.15, 0.2) is 0 Å². The summed E-state index contributed by atoms with van der Waals surface area (Å²) in [6, 6.07) is 5.27. The van der Waals surface area contributed by atoms with E-state index < -0.39 is 0 Å². The predicted molar refractivity (Wildman–Crippen MR) is 67.8 cm³/mol. The number of carbonyl (C=O) groups excluding carboxylic acids is 1. The molecule has 5 nitrogen and oxygen atoms in total. The first-order chi connectivity index (χ1) is 8.11. The van der Waals surface area contributed by atoms with E-state index in [4.69, 9.17) is 0 Å². The number of nitrogens with zero attached hydrogens (tertiary/aromatic N) is 2. The smallest absolute Gasteiger partial charge is 0.261 e. The Morgan fingerprint density at radius 1 is 1.53 bits per heavy atom. The van der Waals surface area contributed by atoms with E-state index in [9.17, 15) is 9.59 Å². The number of nitrogens with one attached hydrogen (secondary N) is 1. The van der Waals surface area contributed by atoms with Crippen LogP contribution in [0.2, 0.25) is 0 Å². The molecule has 0 saturated carbocycles. The molecule has 0 radical (unpaired) electrons. The van der Waals surface area contributed by atoms with Crippen molar-refractivity contribution in [3.05, 3.63) is 39.4 Å². The summed E-state index contributed by atoms with van der Waals surface area (Å²) in [5, 5.41) is 2.96. The highest BCUT2D eigenvalue weighted by atomic mass is 79.9. The van der Waals surface area contributed by atoms with Gasteiger partial charge in [-0.05, 0) is 18.2 Å². The number of halogens is 1. The quantitative estimate of drug-likeness (QED) is 0.895. The third kappa shape index (κ3) is 2.36. The van der Waals surface area contributed by atoms with Gasteiger partial charge in [-0.1, -0.05) is 15.9 Å². The van der Waals surface area contributed by atoms with Crippen LogP contribution in [0.4, 0.5) is 0 Å². The molecule has 6 heteroatoms. The largest absolute Gasteiger partial charge is 0.358 e. The Morgan fingerprint density at radius 2 is 2.29 bits per heavy atom. The Kier molecular flexibility index (Phi) is 3.23. The van der Waals surface area contributed by atoms with E-state index in [0.29, 0.717) is 10.9 Å². The van der Waals surface area contributed by atoms with Crippen LogP contribution in [-0.4, -0.2) is 22.5 Å². The van der Waals surface area contributed by atoms with Gasteiger partial charge < -0.3 is 5.32 Å². The topological polar surface area (TPSA) is 64.0 Å². The van der Waals surface area contributed by atoms with E-state index in [0.717, 1.165) is 4.47 Å². The number of hydrogen-bond acceptors (Lipinski definition) is 3. The Morgan fingerprint density at radius 3 is 3.00 bits per heavy atom. The van der Waals surface area contributed by atoms with Gasteiger partial charge in [-0.2, -0.15) is 0 Å². The first-order valence-electron chi connectivity index (χ1n) is 4.97. The highest BCUT2D eigenvalue weighted by Crippen LogP contribution is 2.14. The summed E-state index contributed by atoms with van der Waals surface area (Å²) in [4.78, 5) is 27.4. The fourth-order valence-corrected chi connectivity index (χ4v) is 1.84. The molecule has 1 amide bonds. The third-order valence-corrected chi connectivity index (χ3v) is 2.87. The van der Waals surface area contributed by atoms with Gasteiger partial charge in [0.2, 0.25) is 5.91 Å². The molecule has 0 saturated heterocycles. The zero-order chi connectivity index (χ0) is 12.4. The van der Waals surface area contributed by atoms with E-state index in [-0.39, 0.29) is 18.0 Å². The van der Waals surface area contributed by atoms with Crippen LogP contribution in [0, 0.1) is 0 Å². The monoisotopic (exact) mass is 295 g/mol. The molecule has 1 aromatic heterocycles. The molecule has 2 rings (SSSR count). The van der Waals surface area contributed by atoms with E-state index in [2.05, 4.69) is 26.2 Å². The number of benzene rings is 1. The fourth-order valence-electron chi connectivity index (χ4n) is 1.48. The van der Waals surface area contributed by atoms with Gasteiger partial charge in [0.05, 0.1) is 17.2 Å². The highest BCUT2D eigenvalue weighted by molar-refractivity contribution is 9.10. The lowest BCUT2D eigenvalue weighted by molar-refractivity contribution is -0.121. The molecular weight excluding hydrogens is 286 g/mol. The normalized spacial score (nSPS) is 10.5. The number of hydrogen-bond donors (Lipinski definition) is 1. The molecule has 0 atom stereocenters. The van der Waals surface area contributed by atoms with Crippen molar-refractivity contribution in [2.24, 2.45) is 0 Å². The van der Waals surface area contributed by atoms with Crippen molar-refractivity contribution in [3.63, 3.8) is 0 Å². The molecule has 0 aliphatic carbocycles. The molecule has 0 aliphatic rings. The van der Waals surface area contributed by atoms with Gasteiger partial charge in [0.1, 0.15) is 6.54 Å². The van der Waals surface area contributed by atoms with E-state index in [1.54, 1.807) is 12.1 Å². The summed E-state index contributed by atoms with van der Waals surface area (Å²) in [6.07, 6.45) is 1.38. The average Bonchev–Trinajstić information content (AvgIpc) is 2.33. The second kappa shape index (κ2) is 4.67. The van der Waals surface area contributed by atoms with E-state index in [1.807, 2.05) is 6.07 Å². The molecule has 1 N–H and O–H groups in total. The molecule has 0 aliphatic heterocycles. The summed E-state index contributed by atoms with van der Waals surface area (Å²) in [7, 11) is 1.53. The Labute approximate surface area is 106 Å². The minimum absolute atomic E-state index is 0.0230. The maximum Gasteiger partial charge on any atom is 0.261 e. The first-order valence-corrected chi connectivity index (χ1v) is 5.76. The third-order valence-electron chi connectivity index (χ3n) is 2.38. The van der Waals surface area contributed by atoms with Crippen molar-refractivity contribution < 1.29 is 4.79 Å². The van der Waals surface area contributed by atoms with Crippen LogP contribution < -0.4 is 10.9 Å². The van der Waals surface area contributed by atoms with E-state index >= 15 is 0 Å². The van der Waals surface area contributed by atoms with E-state index in [1.165, 1.54) is 17.9 Å². The average molecular weight is 296 g/mol. The fraction of sp³-hybridized carbons (Fsp3) is 0.182. The van der Waals surface area contributed by atoms with Gasteiger partial charge in [0.25, 0.3) is 5.56 Å². The number of likely N-dealkylation sites (N-methyl/N-ethyl adjacent to an activating group) is 1. The zero-order valence-electron chi connectivity index (χ0n) is 9.11. The SMILES string of the molecule is CNC(=O)Cn1cnc2ccc(Br)cc2c1=O. The Bertz CT molecular complexity index is 636. The second-order valence-electron chi connectivity index (χ2n) is 3.51. The molecule has 0 unspecified atom stereocenters. The van der Waals surface area contributed by atoms with Gasteiger partial charge in [-0.3, -0.25) is 14.2 Å². The highest BCUT2D eigenvalue weighted by Gasteiger charge is 2.07. The Hall–Kier alpha value is -1.69. The van der Waals surface area contributed by atoms with Crippen molar-refractivity contribution in [3.8, 4) is 0 Å². The van der Waals surface area contributed by atoms with Gasteiger partial charge in [-0.15, -0.1) is 0 Å². The molecule has 17 heavy (non-hydrogen) atoms. The maximum atomic E-state index is 12.1. The Balaban J connectivity index is 2.57. The lowest BCUT2D eigenvalue weighted by Gasteiger charge is -2.05.